The molecule has 2 heterocycles. The van der Waals surface area contributed by atoms with E-state index in [9.17, 15) is 14.4 Å². The smallest absolute Gasteiger partial charge is 0.253 e. The molecule has 3 amide bonds. The molecule has 0 radical (unpaired) electrons. The van der Waals surface area contributed by atoms with Gasteiger partial charge in [0.2, 0.25) is 11.8 Å². The fourth-order valence-electron chi connectivity index (χ4n) is 4.09. The van der Waals surface area contributed by atoms with E-state index < -0.39 is 0 Å². The van der Waals surface area contributed by atoms with E-state index in [1.54, 1.807) is 34.1 Å². The number of hydrogen-bond donors (Lipinski definition) is 0. The van der Waals surface area contributed by atoms with E-state index in [-0.39, 0.29) is 17.7 Å². The van der Waals surface area contributed by atoms with Gasteiger partial charge in [-0.15, -0.1) is 0 Å². The van der Waals surface area contributed by atoms with Crippen LogP contribution in [0.5, 0.6) is 0 Å². The molecule has 0 spiro atoms. The lowest BCUT2D eigenvalue weighted by Gasteiger charge is -2.35. The van der Waals surface area contributed by atoms with Crippen LogP contribution in [0.25, 0.3) is 0 Å². The average molecular weight is 440 g/mol. The third-order valence-electron chi connectivity index (χ3n) is 5.94. The van der Waals surface area contributed by atoms with Gasteiger partial charge in [0, 0.05) is 55.4 Å². The number of amides is 3. The highest BCUT2D eigenvalue weighted by Gasteiger charge is 2.25. The van der Waals surface area contributed by atoms with Crippen LogP contribution in [0.3, 0.4) is 0 Å². The van der Waals surface area contributed by atoms with Gasteiger partial charge in [-0.25, -0.2) is 0 Å². The second-order valence-electron chi connectivity index (χ2n) is 8.03. The van der Waals surface area contributed by atoms with Crippen LogP contribution in [0.1, 0.15) is 35.2 Å². The standard InChI is InChI=1S/C24H26ClN3O3/c25-20-8-4-18(5-9-20)17-23(30)26-13-15-27(16-14-26)24(31)19-6-10-21(11-7-19)28-12-2-1-3-22(28)29/h4-11H,1-3,12-17H2. The van der Waals surface area contributed by atoms with E-state index in [1.165, 1.54) is 0 Å². The molecular weight excluding hydrogens is 414 g/mol. The maximum absolute atomic E-state index is 12.9. The maximum Gasteiger partial charge on any atom is 0.253 e. The van der Waals surface area contributed by atoms with Gasteiger partial charge in [0.05, 0.1) is 6.42 Å². The third-order valence-corrected chi connectivity index (χ3v) is 6.19. The fraction of sp³-hybridized carbons (Fsp3) is 0.375. The van der Waals surface area contributed by atoms with Crippen LogP contribution in [-0.2, 0) is 16.0 Å². The van der Waals surface area contributed by atoms with Crippen LogP contribution in [0.2, 0.25) is 5.02 Å². The molecule has 2 fully saturated rings. The number of piperidine rings is 1. The van der Waals surface area contributed by atoms with Gasteiger partial charge < -0.3 is 14.7 Å². The minimum Gasteiger partial charge on any atom is -0.339 e. The van der Waals surface area contributed by atoms with Crippen molar-refractivity contribution in [3.05, 3.63) is 64.7 Å². The van der Waals surface area contributed by atoms with Gasteiger partial charge in [0.25, 0.3) is 5.91 Å². The third kappa shape index (κ3) is 5.07. The van der Waals surface area contributed by atoms with E-state index in [0.29, 0.717) is 49.6 Å². The molecule has 2 aliphatic heterocycles. The molecule has 0 bridgehead atoms. The summed E-state index contributed by atoms with van der Waals surface area (Å²) in [6, 6.07) is 14.6. The Morgan fingerprint density at radius 3 is 2.10 bits per heavy atom. The first-order valence-electron chi connectivity index (χ1n) is 10.7. The monoisotopic (exact) mass is 439 g/mol. The predicted molar refractivity (Wildman–Crippen MR) is 120 cm³/mol. The molecule has 2 aromatic carbocycles. The molecule has 0 aromatic heterocycles. The zero-order chi connectivity index (χ0) is 21.8. The van der Waals surface area contributed by atoms with Crippen molar-refractivity contribution in [1.29, 1.82) is 0 Å². The Kier molecular flexibility index (Phi) is 6.56. The van der Waals surface area contributed by atoms with Crippen molar-refractivity contribution >= 4 is 35.0 Å². The van der Waals surface area contributed by atoms with E-state index in [2.05, 4.69) is 0 Å². The first-order chi connectivity index (χ1) is 15.0. The summed E-state index contributed by atoms with van der Waals surface area (Å²) in [6.07, 6.45) is 2.87. The molecule has 0 aliphatic carbocycles. The second kappa shape index (κ2) is 9.52. The van der Waals surface area contributed by atoms with Crippen molar-refractivity contribution in [3.8, 4) is 0 Å². The molecule has 0 atom stereocenters. The van der Waals surface area contributed by atoms with Gasteiger partial charge in [-0.05, 0) is 54.8 Å². The summed E-state index contributed by atoms with van der Waals surface area (Å²) in [6.45, 7) is 2.81. The van der Waals surface area contributed by atoms with Crippen LogP contribution in [0.15, 0.2) is 48.5 Å². The fourth-order valence-corrected chi connectivity index (χ4v) is 4.22. The lowest BCUT2D eigenvalue weighted by atomic mass is 10.1. The zero-order valence-corrected chi connectivity index (χ0v) is 18.2. The molecule has 4 rings (SSSR count). The summed E-state index contributed by atoms with van der Waals surface area (Å²) in [4.78, 5) is 42.9. The molecule has 162 valence electrons. The molecular formula is C24H26ClN3O3. The Balaban J connectivity index is 1.31. The minimum atomic E-state index is -0.0404. The van der Waals surface area contributed by atoms with Crippen molar-refractivity contribution < 1.29 is 14.4 Å². The highest BCUT2D eigenvalue weighted by atomic mass is 35.5. The number of carbonyl (C=O) groups excluding carboxylic acids is 3. The van der Waals surface area contributed by atoms with Crippen molar-refractivity contribution in [3.63, 3.8) is 0 Å². The Labute approximate surface area is 187 Å². The molecule has 31 heavy (non-hydrogen) atoms. The lowest BCUT2D eigenvalue weighted by Crippen LogP contribution is -2.51. The summed E-state index contributed by atoms with van der Waals surface area (Å²) in [5.41, 5.74) is 2.38. The zero-order valence-electron chi connectivity index (χ0n) is 17.4. The van der Waals surface area contributed by atoms with Gasteiger partial charge in [0.1, 0.15) is 0 Å². The minimum absolute atomic E-state index is 0.0404. The highest BCUT2D eigenvalue weighted by molar-refractivity contribution is 6.30. The Bertz CT molecular complexity index is 951. The maximum atomic E-state index is 12.9. The molecule has 6 nitrogen and oxygen atoms in total. The van der Waals surface area contributed by atoms with Gasteiger partial charge in [-0.1, -0.05) is 23.7 Å². The van der Waals surface area contributed by atoms with Crippen molar-refractivity contribution in [1.82, 2.24) is 9.80 Å². The molecule has 2 aliphatic rings. The Morgan fingerprint density at radius 1 is 0.806 bits per heavy atom. The number of hydrogen-bond acceptors (Lipinski definition) is 3. The van der Waals surface area contributed by atoms with Gasteiger partial charge in [0.15, 0.2) is 0 Å². The van der Waals surface area contributed by atoms with Crippen LogP contribution in [-0.4, -0.2) is 60.2 Å². The molecule has 2 saturated heterocycles. The molecule has 0 unspecified atom stereocenters. The topological polar surface area (TPSA) is 60.9 Å². The molecule has 7 heteroatoms. The number of anilines is 1. The first-order valence-corrected chi connectivity index (χ1v) is 11.1. The summed E-state index contributed by atoms with van der Waals surface area (Å²) in [5.74, 6) is 0.163. The average Bonchev–Trinajstić information content (AvgIpc) is 2.81. The molecule has 0 N–H and O–H groups in total. The summed E-state index contributed by atoms with van der Waals surface area (Å²) >= 11 is 5.90. The number of piperazine rings is 1. The van der Waals surface area contributed by atoms with Crippen molar-refractivity contribution in [2.24, 2.45) is 0 Å². The Morgan fingerprint density at radius 2 is 1.45 bits per heavy atom. The predicted octanol–water partition coefficient (Wildman–Crippen LogP) is 3.38. The van der Waals surface area contributed by atoms with E-state index in [4.69, 9.17) is 11.6 Å². The summed E-state index contributed by atoms with van der Waals surface area (Å²) in [7, 11) is 0. The van der Waals surface area contributed by atoms with Crippen molar-refractivity contribution in [2.45, 2.75) is 25.7 Å². The van der Waals surface area contributed by atoms with Crippen LogP contribution in [0.4, 0.5) is 5.69 Å². The van der Waals surface area contributed by atoms with Gasteiger partial charge in [-0.3, -0.25) is 14.4 Å². The van der Waals surface area contributed by atoms with Gasteiger partial charge in [-0.2, -0.15) is 0 Å². The largest absolute Gasteiger partial charge is 0.339 e. The van der Waals surface area contributed by atoms with E-state index in [1.807, 2.05) is 29.2 Å². The second-order valence-corrected chi connectivity index (χ2v) is 8.46. The Hall–Kier alpha value is -2.86. The number of carbonyl (C=O) groups is 3. The SMILES string of the molecule is O=C(Cc1ccc(Cl)cc1)N1CCN(C(=O)c2ccc(N3CCCCC3=O)cc2)CC1. The van der Waals surface area contributed by atoms with E-state index >= 15 is 0 Å². The quantitative estimate of drug-likeness (QED) is 0.733. The summed E-state index contributed by atoms with van der Waals surface area (Å²) < 4.78 is 0. The number of halogens is 1. The van der Waals surface area contributed by atoms with Crippen LogP contribution >= 0.6 is 11.6 Å². The number of benzene rings is 2. The van der Waals surface area contributed by atoms with Crippen LogP contribution < -0.4 is 4.90 Å². The molecule has 0 saturated carbocycles. The van der Waals surface area contributed by atoms with Gasteiger partial charge >= 0.3 is 0 Å². The van der Waals surface area contributed by atoms with Crippen LogP contribution in [0, 0.1) is 0 Å². The highest BCUT2D eigenvalue weighted by Crippen LogP contribution is 2.22. The molecule has 2 aromatic rings. The van der Waals surface area contributed by atoms with E-state index in [0.717, 1.165) is 30.6 Å². The summed E-state index contributed by atoms with van der Waals surface area (Å²) in [5, 5.41) is 0.652. The first kappa shape index (κ1) is 21.4. The van der Waals surface area contributed by atoms with Crippen molar-refractivity contribution in [2.75, 3.05) is 37.6 Å². The lowest BCUT2D eigenvalue weighted by molar-refractivity contribution is -0.132. The number of rotatable bonds is 4. The number of nitrogens with zero attached hydrogens (tertiary/aromatic N) is 3. The normalized spacial score (nSPS) is 17.1.